The van der Waals surface area contributed by atoms with E-state index in [-0.39, 0.29) is 66.6 Å². The predicted octanol–water partition coefficient (Wildman–Crippen LogP) is 10.6. The molecule has 7 rings (SSSR count). The molecule has 1 aliphatic rings. The topological polar surface area (TPSA) is 160 Å². The third-order valence-electron chi connectivity index (χ3n) is 11.3. The molecule has 0 radical (unpaired) electrons. The molecular weight excluding hydrogens is 863 g/mol. The first kappa shape index (κ1) is 49.9. The highest BCUT2D eigenvalue weighted by Gasteiger charge is 2.31. The monoisotopic (exact) mass is 923 g/mol. The van der Waals surface area contributed by atoms with Crippen molar-refractivity contribution in [1.29, 1.82) is 0 Å². The Balaban J connectivity index is 0.00000178. The van der Waals surface area contributed by atoms with Gasteiger partial charge in [-0.25, -0.2) is 8.42 Å². The van der Waals surface area contributed by atoms with Gasteiger partial charge in [0.1, 0.15) is 23.9 Å². The maximum atomic E-state index is 13.9. The van der Waals surface area contributed by atoms with E-state index in [1.54, 1.807) is 60.5 Å². The third kappa shape index (κ3) is 13.3. The van der Waals surface area contributed by atoms with Gasteiger partial charge >= 0.3 is 0 Å². The summed E-state index contributed by atoms with van der Waals surface area (Å²) in [5.41, 5.74) is 8.09. The number of carbonyl (C=O) groups is 4. The zero-order valence-corrected chi connectivity index (χ0v) is 40.1. The summed E-state index contributed by atoms with van der Waals surface area (Å²) in [6.07, 6.45) is 2.44. The predicted molar refractivity (Wildman–Crippen MR) is 263 cm³/mol. The van der Waals surface area contributed by atoms with Crippen molar-refractivity contribution in [3.8, 4) is 22.5 Å². The lowest BCUT2D eigenvalue weighted by Crippen LogP contribution is -2.29. The zero-order valence-electron chi connectivity index (χ0n) is 39.3. The molecule has 0 aliphatic carbocycles. The van der Waals surface area contributed by atoms with Crippen LogP contribution in [0.1, 0.15) is 96.7 Å². The lowest BCUT2D eigenvalue weighted by atomic mass is 9.92. The van der Waals surface area contributed by atoms with E-state index < -0.39 is 15.8 Å². The van der Waals surface area contributed by atoms with Gasteiger partial charge in [0, 0.05) is 61.1 Å². The SMILES string of the molecule is CC(C)C.Cc1ccc(CCC(CS(=O)(=O)c2ccc(C)cc2)C(=O)c2ccc(C(=O)N(C)COCCCC(=O)CCCC(=O)N3c4ccccc4-c4n[nH]nc4-c4ccccc43)cc2)cc1. The number of hydrogen-bond acceptors (Lipinski definition) is 9. The van der Waals surface area contributed by atoms with E-state index in [2.05, 4.69) is 36.2 Å². The van der Waals surface area contributed by atoms with E-state index in [9.17, 15) is 27.6 Å². The molecule has 0 saturated heterocycles. The molecule has 350 valence electrons. The average molecular weight is 924 g/mol. The number of para-hydroxylation sites is 2. The summed E-state index contributed by atoms with van der Waals surface area (Å²) in [6, 6.07) is 36.0. The van der Waals surface area contributed by atoms with Gasteiger partial charge < -0.3 is 9.64 Å². The molecule has 2 heterocycles. The number of nitrogens with one attached hydrogen (secondary N) is 1. The number of ether oxygens (including phenoxy) is 1. The van der Waals surface area contributed by atoms with Crippen LogP contribution in [0.2, 0.25) is 0 Å². The highest BCUT2D eigenvalue weighted by molar-refractivity contribution is 7.91. The van der Waals surface area contributed by atoms with Crippen LogP contribution < -0.4 is 4.90 Å². The number of fused-ring (bicyclic) bond motifs is 5. The van der Waals surface area contributed by atoms with Crippen LogP contribution in [-0.4, -0.2) is 78.2 Å². The minimum Gasteiger partial charge on any atom is -0.361 e. The van der Waals surface area contributed by atoms with Crippen molar-refractivity contribution in [2.75, 3.05) is 31.0 Å². The summed E-state index contributed by atoms with van der Waals surface area (Å²) < 4.78 is 32.7. The number of anilines is 2. The van der Waals surface area contributed by atoms with Crippen molar-refractivity contribution < 1.29 is 32.3 Å². The highest BCUT2D eigenvalue weighted by Crippen LogP contribution is 2.46. The van der Waals surface area contributed by atoms with E-state index >= 15 is 0 Å². The Morgan fingerprint density at radius 3 is 1.79 bits per heavy atom. The Morgan fingerprint density at radius 1 is 0.687 bits per heavy atom. The van der Waals surface area contributed by atoms with Gasteiger partial charge in [0.05, 0.1) is 22.0 Å². The number of H-pyrrole nitrogens is 1. The van der Waals surface area contributed by atoms with Crippen molar-refractivity contribution in [2.45, 2.75) is 84.5 Å². The van der Waals surface area contributed by atoms with Crippen molar-refractivity contribution in [2.24, 2.45) is 11.8 Å². The summed E-state index contributed by atoms with van der Waals surface area (Å²) in [7, 11) is -2.15. The fourth-order valence-electron chi connectivity index (χ4n) is 7.77. The van der Waals surface area contributed by atoms with E-state index in [1.807, 2.05) is 86.6 Å². The largest absolute Gasteiger partial charge is 0.361 e. The standard InChI is InChI=1S/C50H51N5O7S.C4H10/c1-34-17-21-36(22-18-34)23-24-39(32-63(60,61)41-29-19-35(2)20-30-41)49(58)37-25-27-38(28-26-37)50(59)54(3)33-62-31-9-11-40(56)10-8-16-46(57)55-44-14-6-4-12-42(44)47-48(52-53-51-47)43-13-5-7-15-45(43)55;1-4(2)3/h4-7,12-15,17-22,25-30,39H,8-11,16,23-24,31-33H2,1-3H3,(H,51,52,53);4H,1-3H3. The Kier molecular flexibility index (Phi) is 17.3. The van der Waals surface area contributed by atoms with Gasteiger partial charge in [-0.15, -0.1) is 0 Å². The molecule has 1 atom stereocenters. The summed E-state index contributed by atoms with van der Waals surface area (Å²) in [4.78, 5) is 57.0. The summed E-state index contributed by atoms with van der Waals surface area (Å²) in [5.74, 6) is -1.01. The molecule has 2 amide bonds. The van der Waals surface area contributed by atoms with E-state index in [0.717, 1.165) is 33.7 Å². The van der Waals surface area contributed by atoms with E-state index in [0.29, 0.717) is 59.6 Å². The van der Waals surface area contributed by atoms with Crippen molar-refractivity contribution in [3.63, 3.8) is 0 Å². The Morgan fingerprint density at radius 2 is 1.21 bits per heavy atom. The number of sulfone groups is 1. The van der Waals surface area contributed by atoms with Crippen LogP contribution in [0.3, 0.4) is 0 Å². The van der Waals surface area contributed by atoms with Gasteiger partial charge in [-0.1, -0.05) is 117 Å². The number of carbonyl (C=O) groups excluding carboxylic acids is 4. The Bertz CT molecular complexity index is 2680. The maximum Gasteiger partial charge on any atom is 0.255 e. The molecule has 13 heteroatoms. The van der Waals surface area contributed by atoms with E-state index in [1.165, 1.54) is 4.90 Å². The molecule has 1 N–H and O–H groups in total. The van der Waals surface area contributed by atoms with Crippen molar-refractivity contribution >= 4 is 44.6 Å². The van der Waals surface area contributed by atoms with Crippen LogP contribution in [0.25, 0.3) is 22.5 Å². The minimum atomic E-state index is -3.76. The number of Topliss-reactive ketones (excluding diaryl/α,β-unsaturated/α-hetero) is 2. The fraction of sp³-hybridized carbons (Fsp3) is 0.333. The number of amides is 2. The second kappa shape index (κ2) is 23.2. The fourth-order valence-corrected chi connectivity index (χ4v) is 9.36. The van der Waals surface area contributed by atoms with Crippen LogP contribution in [-0.2, 0) is 30.6 Å². The molecule has 1 aliphatic heterocycles. The molecule has 0 spiro atoms. The molecule has 6 aromatic rings. The van der Waals surface area contributed by atoms with Gasteiger partial charge in [-0.3, -0.25) is 24.1 Å². The first-order valence-electron chi connectivity index (χ1n) is 22.9. The van der Waals surface area contributed by atoms with Crippen LogP contribution >= 0.6 is 0 Å². The second-order valence-electron chi connectivity index (χ2n) is 17.8. The van der Waals surface area contributed by atoms with Crippen molar-refractivity contribution in [1.82, 2.24) is 20.3 Å². The van der Waals surface area contributed by atoms with Crippen LogP contribution in [0, 0.1) is 25.7 Å². The first-order valence-corrected chi connectivity index (χ1v) is 24.5. The van der Waals surface area contributed by atoms with Gasteiger partial charge in [-0.2, -0.15) is 15.4 Å². The smallest absolute Gasteiger partial charge is 0.255 e. The van der Waals surface area contributed by atoms with Crippen LogP contribution in [0.5, 0.6) is 0 Å². The molecule has 12 nitrogen and oxygen atoms in total. The first-order chi connectivity index (χ1) is 32.1. The molecule has 0 fully saturated rings. The van der Waals surface area contributed by atoms with E-state index in [4.69, 9.17) is 4.74 Å². The maximum absolute atomic E-state index is 13.9. The lowest BCUT2D eigenvalue weighted by molar-refractivity contribution is -0.120. The van der Waals surface area contributed by atoms with Gasteiger partial charge in [0.2, 0.25) is 5.91 Å². The van der Waals surface area contributed by atoms with Crippen LogP contribution in [0.15, 0.2) is 126 Å². The Hall–Kier alpha value is -6.57. The molecule has 1 unspecified atom stereocenters. The van der Waals surface area contributed by atoms with Crippen LogP contribution in [0.4, 0.5) is 11.4 Å². The molecule has 67 heavy (non-hydrogen) atoms. The number of aromatic nitrogens is 3. The third-order valence-corrected chi connectivity index (χ3v) is 13.1. The molecular formula is C54H61N5O7S. The molecule has 1 aromatic heterocycles. The minimum absolute atomic E-state index is 0.00610. The van der Waals surface area contributed by atoms with Gasteiger partial charge in [0.25, 0.3) is 5.91 Å². The molecule has 0 bridgehead atoms. The summed E-state index contributed by atoms with van der Waals surface area (Å²) in [5, 5.41) is 11.5. The molecule has 5 aromatic carbocycles. The van der Waals surface area contributed by atoms with Crippen molar-refractivity contribution in [3.05, 3.63) is 149 Å². The number of nitrogens with zero attached hydrogens (tertiary/aromatic N) is 4. The number of aromatic amines is 1. The summed E-state index contributed by atoms with van der Waals surface area (Å²) >= 11 is 0. The number of benzene rings is 5. The highest BCUT2D eigenvalue weighted by atomic mass is 32.2. The lowest BCUT2D eigenvalue weighted by Gasteiger charge is -2.25. The second-order valence-corrected chi connectivity index (χ2v) is 19.8. The number of ketones is 2. The number of rotatable bonds is 19. The zero-order chi connectivity index (χ0) is 48.1. The quantitative estimate of drug-likeness (QED) is 0.0474. The number of hydrogen-bond donors (Lipinski definition) is 1. The van der Waals surface area contributed by atoms with Gasteiger partial charge in [-0.05, 0) is 87.4 Å². The average Bonchev–Trinajstić information content (AvgIpc) is 3.76. The molecule has 0 saturated carbocycles. The normalized spacial score (nSPS) is 12.2. The number of aryl methyl sites for hydroxylation is 3. The van der Waals surface area contributed by atoms with Gasteiger partial charge in [0.15, 0.2) is 15.6 Å². The summed E-state index contributed by atoms with van der Waals surface area (Å²) in [6.45, 7) is 10.6. The Labute approximate surface area is 394 Å².